The third kappa shape index (κ3) is 3.83. The Hall–Kier alpha value is -2.50. The van der Waals surface area contributed by atoms with Crippen LogP contribution in [0.15, 0.2) is 36.7 Å². The van der Waals surface area contributed by atoms with Gasteiger partial charge in [0.05, 0.1) is 6.54 Å². The van der Waals surface area contributed by atoms with Crippen molar-refractivity contribution in [1.82, 2.24) is 14.9 Å². The van der Waals surface area contributed by atoms with Crippen LogP contribution in [0.4, 0.5) is 0 Å². The van der Waals surface area contributed by atoms with Crippen molar-refractivity contribution >= 4 is 5.91 Å². The highest BCUT2D eigenvalue weighted by molar-refractivity contribution is 5.75. The molecule has 1 N–H and O–H groups in total. The molecule has 3 rings (SSSR count). The summed E-state index contributed by atoms with van der Waals surface area (Å²) < 4.78 is 13.5. The van der Waals surface area contributed by atoms with E-state index in [1.807, 2.05) is 35.0 Å². The third-order valence-electron chi connectivity index (χ3n) is 3.79. The summed E-state index contributed by atoms with van der Waals surface area (Å²) in [5.74, 6) is 2.48. The number of carbonyl (C=O) groups excluding carboxylic acids is 1. The smallest absolute Gasteiger partial charge is 0.221 e. The highest BCUT2D eigenvalue weighted by Gasteiger charge is 2.20. The highest BCUT2D eigenvalue weighted by atomic mass is 16.6. The fourth-order valence-electron chi connectivity index (χ4n) is 2.56. The van der Waals surface area contributed by atoms with E-state index in [2.05, 4.69) is 17.2 Å². The van der Waals surface area contributed by atoms with E-state index in [0.717, 1.165) is 23.7 Å². The molecule has 0 radical (unpaired) electrons. The molecule has 0 bridgehead atoms. The number of carbonyl (C=O) groups is 1. The first-order valence-corrected chi connectivity index (χ1v) is 7.91. The Morgan fingerprint density at radius 1 is 1.39 bits per heavy atom. The van der Waals surface area contributed by atoms with E-state index < -0.39 is 0 Å². The lowest BCUT2D eigenvalue weighted by molar-refractivity contribution is -0.121. The molecule has 1 aliphatic heterocycles. The molecule has 1 aliphatic rings. The molecule has 0 spiro atoms. The van der Waals surface area contributed by atoms with Gasteiger partial charge in [-0.15, -0.1) is 0 Å². The largest absolute Gasteiger partial charge is 0.486 e. The maximum Gasteiger partial charge on any atom is 0.221 e. The van der Waals surface area contributed by atoms with Gasteiger partial charge < -0.3 is 19.4 Å². The molecule has 1 aromatic carbocycles. The van der Waals surface area contributed by atoms with Crippen molar-refractivity contribution in [3.63, 3.8) is 0 Å². The summed E-state index contributed by atoms with van der Waals surface area (Å²) in [6, 6.07) is 7.56. The average Bonchev–Trinajstić information content (AvgIpc) is 3.05. The third-order valence-corrected chi connectivity index (χ3v) is 3.79. The van der Waals surface area contributed by atoms with E-state index in [1.54, 1.807) is 6.20 Å². The molecule has 2 aromatic rings. The molecular weight excluding hydrogens is 294 g/mol. The zero-order valence-electron chi connectivity index (χ0n) is 13.2. The van der Waals surface area contributed by atoms with Crippen molar-refractivity contribution in [3.8, 4) is 11.5 Å². The van der Waals surface area contributed by atoms with Gasteiger partial charge in [-0.3, -0.25) is 4.79 Å². The first-order chi connectivity index (χ1) is 11.3. The highest BCUT2D eigenvalue weighted by Crippen LogP contribution is 2.30. The number of benzene rings is 1. The molecule has 0 saturated carbocycles. The number of aryl methyl sites for hydroxylation is 2. The van der Waals surface area contributed by atoms with Crippen molar-refractivity contribution in [2.24, 2.45) is 0 Å². The predicted molar refractivity (Wildman–Crippen MR) is 85.6 cm³/mol. The zero-order chi connectivity index (χ0) is 16.1. The molecule has 0 aliphatic carbocycles. The minimum absolute atomic E-state index is 0.00297. The molecule has 1 unspecified atom stereocenters. The van der Waals surface area contributed by atoms with Crippen molar-refractivity contribution in [2.75, 3.05) is 13.2 Å². The van der Waals surface area contributed by atoms with Crippen LogP contribution >= 0.6 is 0 Å². The second kappa shape index (κ2) is 7.17. The molecule has 6 heteroatoms. The molecule has 1 atom stereocenters. The van der Waals surface area contributed by atoms with Crippen LogP contribution in [0.1, 0.15) is 19.2 Å². The summed E-state index contributed by atoms with van der Waals surface area (Å²) in [5.41, 5.74) is 0. The van der Waals surface area contributed by atoms with E-state index in [4.69, 9.17) is 9.47 Å². The molecule has 1 amide bonds. The van der Waals surface area contributed by atoms with Crippen molar-refractivity contribution in [1.29, 1.82) is 0 Å². The first kappa shape index (κ1) is 15.4. The monoisotopic (exact) mass is 315 g/mol. The zero-order valence-corrected chi connectivity index (χ0v) is 13.2. The summed E-state index contributed by atoms with van der Waals surface area (Å²) in [5, 5.41) is 2.91. The topological polar surface area (TPSA) is 65.4 Å². The molecule has 2 heterocycles. The summed E-state index contributed by atoms with van der Waals surface area (Å²) in [7, 11) is 0. The summed E-state index contributed by atoms with van der Waals surface area (Å²) >= 11 is 0. The second-order valence-electron chi connectivity index (χ2n) is 5.44. The molecule has 6 nitrogen and oxygen atoms in total. The molecule has 0 saturated heterocycles. The standard InChI is InChI=1S/C17H21N3O3/c1-2-16-18-8-10-20(16)9-7-17(21)19-11-13-12-22-14-5-3-4-6-15(14)23-13/h3-6,8,10,13H,2,7,9,11-12H2,1H3,(H,19,21). The summed E-state index contributed by atoms with van der Waals surface area (Å²) in [4.78, 5) is 16.2. The van der Waals surface area contributed by atoms with Crippen LogP contribution < -0.4 is 14.8 Å². The number of rotatable bonds is 6. The Morgan fingerprint density at radius 3 is 3.04 bits per heavy atom. The number of aromatic nitrogens is 2. The van der Waals surface area contributed by atoms with Crippen LogP contribution in [0, 0.1) is 0 Å². The first-order valence-electron chi connectivity index (χ1n) is 7.91. The average molecular weight is 315 g/mol. The number of para-hydroxylation sites is 2. The maximum absolute atomic E-state index is 12.0. The maximum atomic E-state index is 12.0. The number of hydrogen-bond acceptors (Lipinski definition) is 4. The Bertz CT molecular complexity index is 669. The minimum atomic E-state index is -0.159. The Balaban J connectivity index is 1.43. The number of amides is 1. The number of ether oxygens (including phenoxy) is 2. The van der Waals surface area contributed by atoms with Crippen LogP contribution in [-0.4, -0.2) is 34.7 Å². The predicted octanol–water partition coefficient (Wildman–Crippen LogP) is 1.79. The van der Waals surface area contributed by atoms with Crippen molar-refractivity contribution in [3.05, 3.63) is 42.5 Å². The molecule has 1 aromatic heterocycles. The second-order valence-corrected chi connectivity index (χ2v) is 5.44. The van der Waals surface area contributed by atoms with Gasteiger partial charge in [-0.2, -0.15) is 0 Å². The summed E-state index contributed by atoms with van der Waals surface area (Å²) in [6.07, 6.45) is 4.80. The van der Waals surface area contributed by atoms with Gasteiger partial charge in [0.1, 0.15) is 18.5 Å². The van der Waals surface area contributed by atoms with Crippen molar-refractivity contribution in [2.45, 2.75) is 32.4 Å². The quantitative estimate of drug-likeness (QED) is 0.882. The van der Waals surface area contributed by atoms with Gasteiger partial charge in [-0.05, 0) is 12.1 Å². The fraction of sp³-hybridized carbons (Fsp3) is 0.412. The summed E-state index contributed by atoms with van der Waals surface area (Å²) in [6.45, 7) is 3.58. The van der Waals surface area contributed by atoms with Gasteiger partial charge in [-0.1, -0.05) is 19.1 Å². The van der Waals surface area contributed by atoms with Gasteiger partial charge in [-0.25, -0.2) is 4.98 Å². The number of fused-ring (bicyclic) bond motifs is 1. The Labute approximate surface area is 135 Å². The normalized spacial score (nSPS) is 16.1. The van der Waals surface area contributed by atoms with Gasteiger partial charge in [0.2, 0.25) is 5.91 Å². The van der Waals surface area contributed by atoms with Crippen LogP contribution in [0.3, 0.4) is 0 Å². The van der Waals surface area contributed by atoms with Gasteiger partial charge in [0.25, 0.3) is 0 Å². The van der Waals surface area contributed by atoms with Crippen LogP contribution in [0.2, 0.25) is 0 Å². The Kier molecular flexibility index (Phi) is 4.80. The lowest BCUT2D eigenvalue weighted by Gasteiger charge is -2.26. The SMILES string of the molecule is CCc1nccn1CCC(=O)NCC1COc2ccccc2O1. The fourth-order valence-corrected chi connectivity index (χ4v) is 2.56. The lowest BCUT2D eigenvalue weighted by Crippen LogP contribution is -2.40. The van der Waals surface area contributed by atoms with Crippen LogP contribution in [-0.2, 0) is 17.8 Å². The Morgan fingerprint density at radius 2 is 2.22 bits per heavy atom. The minimum Gasteiger partial charge on any atom is -0.486 e. The van der Waals surface area contributed by atoms with E-state index in [9.17, 15) is 4.79 Å². The van der Waals surface area contributed by atoms with E-state index in [0.29, 0.717) is 26.1 Å². The molecule has 23 heavy (non-hydrogen) atoms. The van der Waals surface area contributed by atoms with Crippen molar-refractivity contribution < 1.29 is 14.3 Å². The number of imidazole rings is 1. The van der Waals surface area contributed by atoms with E-state index >= 15 is 0 Å². The number of nitrogens with zero attached hydrogens (tertiary/aromatic N) is 2. The van der Waals surface area contributed by atoms with E-state index in [1.165, 1.54) is 0 Å². The molecular formula is C17H21N3O3. The van der Waals surface area contributed by atoms with Gasteiger partial charge in [0.15, 0.2) is 11.5 Å². The molecule has 0 fully saturated rings. The van der Waals surface area contributed by atoms with Crippen LogP contribution in [0.5, 0.6) is 11.5 Å². The van der Waals surface area contributed by atoms with Crippen LogP contribution in [0.25, 0.3) is 0 Å². The number of hydrogen-bond donors (Lipinski definition) is 1. The van der Waals surface area contributed by atoms with E-state index in [-0.39, 0.29) is 12.0 Å². The molecule has 122 valence electrons. The van der Waals surface area contributed by atoms with Gasteiger partial charge >= 0.3 is 0 Å². The number of nitrogens with one attached hydrogen (secondary N) is 1. The lowest BCUT2D eigenvalue weighted by atomic mass is 10.2. The van der Waals surface area contributed by atoms with Gasteiger partial charge in [0, 0.05) is 31.8 Å².